The number of rotatable bonds is 1. The summed E-state index contributed by atoms with van der Waals surface area (Å²) in [6, 6.07) is 1.71. The molecule has 0 aliphatic heterocycles. The first-order valence-electron chi connectivity index (χ1n) is 2.49. The normalized spacial score (nSPS) is 8.44. The van der Waals surface area contributed by atoms with Crippen LogP contribution >= 0.6 is 0 Å². The van der Waals surface area contributed by atoms with Crippen LogP contribution in [0.5, 0.6) is 0 Å². The largest absolute Gasteiger partial charge is 0.382 e. The topological polar surface area (TPSA) is 54.7 Å². The minimum Gasteiger partial charge on any atom is -0.382 e. The zero-order valence-electron chi connectivity index (χ0n) is 4.89. The van der Waals surface area contributed by atoms with E-state index in [0.29, 0.717) is 5.82 Å². The summed E-state index contributed by atoms with van der Waals surface area (Å²) in [6.45, 7) is 3.40. The zero-order chi connectivity index (χ0) is 6.69. The first-order valence-corrected chi connectivity index (χ1v) is 2.49. The van der Waals surface area contributed by atoms with E-state index in [1.807, 2.05) is 0 Å². The van der Waals surface area contributed by atoms with Crippen molar-refractivity contribution in [2.75, 3.05) is 5.73 Å². The van der Waals surface area contributed by atoms with Gasteiger partial charge in [0.2, 0.25) is 0 Å². The Morgan fingerprint density at radius 3 is 3.11 bits per heavy atom. The molecule has 0 aromatic carbocycles. The van der Waals surface area contributed by atoms with Gasteiger partial charge < -0.3 is 5.73 Å². The van der Waals surface area contributed by atoms with E-state index in [9.17, 15) is 0 Å². The first kappa shape index (κ1) is 5.66. The van der Waals surface area contributed by atoms with E-state index >= 15 is 0 Å². The molecule has 1 rings (SSSR count). The van der Waals surface area contributed by atoms with E-state index in [1.165, 1.54) is 0 Å². The molecule has 3 nitrogen and oxygen atoms in total. The second kappa shape index (κ2) is 2.20. The molecule has 0 radical (unpaired) electrons. The van der Waals surface area contributed by atoms with Gasteiger partial charge in [0.05, 0.1) is 5.69 Å². The highest BCUT2D eigenvalue weighted by Crippen LogP contribution is 2.00. The molecule has 1 aromatic rings. The summed E-state index contributed by atoms with van der Waals surface area (Å²) in [5.41, 5.74) is 8.72. The molecule has 0 aliphatic carbocycles. The number of aromatic nitrogens is 2. The molecular weight excluding hydrogens is 114 g/mol. The molecule has 1 heterocycles. The number of nitrogens with one attached hydrogen (secondary N) is 1. The molecule has 46 valence electrons. The van der Waals surface area contributed by atoms with Crippen LogP contribution in [-0.2, 0) is 0 Å². The maximum atomic E-state index is 5.30. The van der Waals surface area contributed by atoms with Gasteiger partial charge in [0, 0.05) is 12.1 Å². The van der Waals surface area contributed by atoms with Crippen molar-refractivity contribution in [1.29, 1.82) is 0 Å². The summed E-state index contributed by atoms with van der Waals surface area (Å²) in [4.78, 5) is 0. The highest BCUT2D eigenvalue weighted by atomic mass is 15.1. The van der Waals surface area contributed by atoms with E-state index < -0.39 is 0 Å². The van der Waals surface area contributed by atoms with Gasteiger partial charge in [-0.3, -0.25) is 5.10 Å². The molecule has 9 heavy (non-hydrogen) atoms. The van der Waals surface area contributed by atoms with Crippen LogP contribution in [-0.4, -0.2) is 10.2 Å². The van der Waals surface area contributed by atoms with Crippen molar-refractivity contribution >= 4 is 11.9 Å². The molecule has 0 saturated heterocycles. The van der Waals surface area contributed by atoms with E-state index in [1.54, 1.807) is 12.1 Å². The van der Waals surface area contributed by atoms with Crippen molar-refractivity contribution in [3.05, 3.63) is 24.1 Å². The maximum Gasteiger partial charge on any atom is 0.145 e. The van der Waals surface area contributed by atoms with Crippen molar-refractivity contribution in [1.82, 2.24) is 10.2 Å². The van der Waals surface area contributed by atoms with E-state index in [4.69, 9.17) is 5.73 Å². The van der Waals surface area contributed by atoms with Gasteiger partial charge in [-0.2, -0.15) is 5.10 Å². The van der Waals surface area contributed by atoms with E-state index in [0.717, 1.165) is 5.69 Å². The number of anilines is 1. The van der Waals surface area contributed by atoms with E-state index in [-0.39, 0.29) is 0 Å². The number of aromatic amines is 1. The van der Waals surface area contributed by atoms with Crippen LogP contribution in [0.4, 0.5) is 5.82 Å². The highest BCUT2D eigenvalue weighted by Gasteiger charge is 1.88. The molecule has 0 amide bonds. The summed E-state index contributed by atoms with van der Waals surface area (Å²) >= 11 is 0. The minimum atomic E-state index is 0.483. The Hall–Kier alpha value is -1.47. The first-order chi connectivity index (χ1) is 4.33. The van der Waals surface area contributed by atoms with Crippen molar-refractivity contribution in [3.8, 4) is 0 Å². The Bertz CT molecular complexity index is 243. The van der Waals surface area contributed by atoms with Crippen LogP contribution in [0.3, 0.4) is 0 Å². The Kier molecular flexibility index (Phi) is 1.38. The Morgan fingerprint density at radius 2 is 2.67 bits per heavy atom. The number of H-pyrrole nitrogens is 1. The van der Waals surface area contributed by atoms with Gasteiger partial charge in [-0.25, -0.2) is 0 Å². The van der Waals surface area contributed by atoms with Crippen LogP contribution < -0.4 is 5.73 Å². The van der Waals surface area contributed by atoms with Gasteiger partial charge in [-0.1, -0.05) is 6.58 Å². The molecule has 0 fully saturated rings. The van der Waals surface area contributed by atoms with Gasteiger partial charge in [0.15, 0.2) is 0 Å². The molecule has 3 N–H and O–H groups in total. The predicted molar refractivity (Wildman–Crippen MR) is 36.6 cm³/mol. The van der Waals surface area contributed by atoms with Gasteiger partial charge in [0.25, 0.3) is 0 Å². The van der Waals surface area contributed by atoms with Crippen molar-refractivity contribution in [2.24, 2.45) is 0 Å². The lowest BCUT2D eigenvalue weighted by Crippen LogP contribution is -1.81. The Balaban J connectivity index is 2.97. The van der Waals surface area contributed by atoms with Crippen LogP contribution in [0.2, 0.25) is 0 Å². The second-order valence-corrected chi connectivity index (χ2v) is 1.60. The van der Waals surface area contributed by atoms with Crippen molar-refractivity contribution < 1.29 is 0 Å². The summed E-state index contributed by atoms with van der Waals surface area (Å²) in [7, 11) is 0. The molecule has 0 unspecified atom stereocenters. The van der Waals surface area contributed by atoms with E-state index in [2.05, 4.69) is 22.5 Å². The second-order valence-electron chi connectivity index (χ2n) is 1.60. The van der Waals surface area contributed by atoms with Crippen LogP contribution in [0.25, 0.3) is 6.08 Å². The fraction of sp³-hybridized carbons (Fsp3) is 0. The molecule has 3 heteroatoms. The lowest BCUT2D eigenvalue weighted by Gasteiger charge is -1.72. The summed E-state index contributed by atoms with van der Waals surface area (Å²) in [6.07, 6.45) is 1.67. The highest BCUT2D eigenvalue weighted by molar-refractivity contribution is 5.47. The summed E-state index contributed by atoms with van der Waals surface area (Å²) < 4.78 is 0. The number of nitrogen functional groups attached to an aromatic ring is 1. The number of nitrogens with zero attached hydrogens (tertiary/aromatic N) is 1. The Morgan fingerprint density at radius 1 is 1.89 bits per heavy atom. The number of hydrogen-bond donors (Lipinski definition) is 2. The monoisotopic (exact) mass is 121 g/mol. The van der Waals surface area contributed by atoms with Crippen molar-refractivity contribution in [3.63, 3.8) is 0 Å². The quantitative estimate of drug-likeness (QED) is 0.540. The molecule has 0 spiro atoms. The molecule has 0 aliphatic rings. The average molecular weight is 121 g/mol. The summed E-state index contributed by atoms with van der Waals surface area (Å²) in [5, 5.41) is 6.36. The predicted octanol–water partition coefficient (Wildman–Crippen LogP) is 0.790. The standard InChI is InChI=1S/C6H7N3/c1-2-3-5-4-6(7)9-8-5/h3-4H,1H2,(H3,7,8,9). The molecule has 0 bridgehead atoms. The third kappa shape index (κ3) is 1.21. The van der Waals surface area contributed by atoms with Crippen LogP contribution in [0.15, 0.2) is 18.4 Å². The number of hydrogen-bond acceptors (Lipinski definition) is 2. The third-order valence-corrected chi connectivity index (χ3v) is 0.875. The minimum absolute atomic E-state index is 0.483. The third-order valence-electron chi connectivity index (χ3n) is 0.875. The smallest absolute Gasteiger partial charge is 0.145 e. The molecular formula is C6H7N3. The molecule has 1 aromatic heterocycles. The zero-order valence-corrected chi connectivity index (χ0v) is 4.89. The van der Waals surface area contributed by atoms with Crippen molar-refractivity contribution in [2.45, 2.75) is 0 Å². The molecule has 0 atom stereocenters. The Labute approximate surface area is 52.9 Å². The fourth-order valence-electron chi connectivity index (χ4n) is 0.537. The lowest BCUT2D eigenvalue weighted by atomic mass is 10.4. The van der Waals surface area contributed by atoms with Gasteiger partial charge in [-0.05, 0) is 0 Å². The van der Waals surface area contributed by atoms with Gasteiger partial charge in [0.1, 0.15) is 5.82 Å². The van der Waals surface area contributed by atoms with Gasteiger partial charge >= 0.3 is 0 Å². The maximum absolute atomic E-state index is 5.30. The van der Waals surface area contributed by atoms with Crippen LogP contribution in [0.1, 0.15) is 5.69 Å². The summed E-state index contributed by atoms with van der Waals surface area (Å²) in [5.74, 6) is 0.483. The lowest BCUT2D eigenvalue weighted by molar-refractivity contribution is 1.09. The SMILES string of the molecule is C=C=Cc1cc(N)n[nH]1. The fourth-order valence-corrected chi connectivity index (χ4v) is 0.537. The van der Waals surface area contributed by atoms with Gasteiger partial charge in [-0.15, -0.1) is 5.73 Å². The number of nitrogens with two attached hydrogens (primary N) is 1. The molecule has 0 saturated carbocycles. The van der Waals surface area contributed by atoms with Crippen LogP contribution in [0, 0.1) is 0 Å². The average Bonchev–Trinajstić information content (AvgIpc) is 2.17.